The lowest BCUT2D eigenvalue weighted by molar-refractivity contribution is 0.0996. The Morgan fingerprint density at radius 1 is 1.00 bits per heavy atom. The Balaban J connectivity index is 0.00000529. The molecule has 0 spiro atoms. The lowest BCUT2D eigenvalue weighted by Gasteiger charge is -2.38. The molecule has 3 aromatic carbocycles. The lowest BCUT2D eigenvalue weighted by Crippen LogP contribution is -2.49. The van der Waals surface area contributed by atoms with Gasteiger partial charge in [0.1, 0.15) is 23.1 Å². The van der Waals surface area contributed by atoms with Crippen molar-refractivity contribution < 1.29 is 31.5 Å². The summed E-state index contributed by atoms with van der Waals surface area (Å²) in [4.78, 5) is 28.7. The SMILES string of the molecule is CCCCN(C(=O)Nc1cc(C(N)=O)c(F)cc1F)C1CCN(Cc2ccc(Oc3ccc(S(N)(=O)=O)cc3)cc2)CC1.Cl. The molecule has 1 aliphatic heterocycles. The maximum atomic E-state index is 14.4. The number of sulfonamides is 1. The molecule has 0 saturated carbocycles. The van der Waals surface area contributed by atoms with Gasteiger partial charge in [-0.1, -0.05) is 25.5 Å². The molecule has 0 radical (unpaired) electrons. The van der Waals surface area contributed by atoms with Gasteiger partial charge in [-0.05, 0) is 67.3 Å². The number of unbranched alkanes of at least 4 members (excludes halogenated alkanes) is 1. The molecule has 0 aromatic heterocycles. The van der Waals surface area contributed by atoms with Crippen molar-refractivity contribution in [3.05, 3.63) is 83.4 Å². The summed E-state index contributed by atoms with van der Waals surface area (Å²) in [5.74, 6) is -2.05. The fraction of sp³-hybridized carbons (Fsp3) is 0.333. The minimum Gasteiger partial charge on any atom is -0.457 e. The van der Waals surface area contributed by atoms with E-state index >= 15 is 0 Å². The van der Waals surface area contributed by atoms with Crippen molar-refractivity contribution in [3.63, 3.8) is 0 Å². The standard InChI is InChI=1S/C30H35F2N5O5S.ClH/c1-2-3-14-37(30(39)35-28-17-25(29(33)38)26(31)18-27(28)32)21-12-15-36(16-13-21)19-20-4-6-22(7-5-20)42-23-8-10-24(11-9-23)43(34,40)41;/h4-11,17-18,21H,2-3,12-16,19H2,1H3,(H2,33,38)(H,35,39)(H2,34,40,41);1H. The zero-order valence-electron chi connectivity index (χ0n) is 24.2. The van der Waals surface area contributed by atoms with Crippen LogP contribution in [0.4, 0.5) is 19.3 Å². The van der Waals surface area contributed by atoms with Gasteiger partial charge >= 0.3 is 6.03 Å². The third kappa shape index (κ3) is 9.11. The molecule has 5 N–H and O–H groups in total. The summed E-state index contributed by atoms with van der Waals surface area (Å²) in [5, 5.41) is 7.63. The van der Waals surface area contributed by atoms with Crippen LogP contribution in [0.3, 0.4) is 0 Å². The second kappa shape index (κ2) is 15.3. The predicted molar refractivity (Wildman–Crippen MR) is 165 cm³/mol. The number of nitrogens with one attached hydrogen (secondary N) is 1. The normalized spacial score (nSPS) is 14.0. The van der Waals surface area contributed by atoms with Gasteiger partial charge in [-0.25, -0.2) is 27.1 Å². The Bertz CT molecular complexity index is 1550. The van der Waals surface area contributed by atoms with Crippen molar-refractivity contribution in [2.24, 2.45) is 10.9 Å². The fourth-order valence-electron chi connectivity index (χ4n) is 4.94. The number of likely N-dealkylation sites (tertiary alicyclic amines) is 1. The van der Waals surface area contributed by atoms with E-state index < -0.39 is 39.2 Å². The lowest BCUT2D eigenvalue weighted by atomic mass is 10.0. The predicted octanol–water partition coefficient (Wildman–Crippen LogP) is 5.22. The second-order valence-corrected chi connectivity index (χ2v) is 12.0. The molecule has 4 rings (SSSR count). The molecule has 0 bridgehead atoms. The molecule has 3 aromatic rings. The number of nitrogens with two attached hydrogens (primary N) is 2. The Morgan fingerprint density at radius 3 is 2.14 bits per heavy atom. The number of carbonyl (C=O) groups is 2. The molecule has 238 valence electrons. The van der Waals surface area contributed by atoms with Crippen LogP contribution in [0.25, 0.3) is 0 Å². The second-order valence-electron chi connectivity index (χ2n) is 10.4. The summed E-state index contributed by atoms with van der Waals surface area (Å²) in [6, 6.07) is 14.3. The molecule has 44 heavy (non-hydrogen) atoms. The van der Waals surface area contributed by atoms with Gasteiger partial charge in [0, 0.05) is 38.3 Å². The van der Waals surface area contributed by atoms with Crippen molar-refractivity contribution in [2.75, 3.05) is 25.0 Å². The summed E-state index contributed by atoms with van der Waals surface area (Å²) in [6.07, 6.45) is 3.05. The highest BCUT2D eigenvalue weighted by molar-refractivity contribution is 7.89. The smallest absolute Gasteiger partial charge is 0.322 e. The largest absolute Gasteiger partial charge is 0.457 e. The number of amides is 3. The minimum absolute atomic E-state index is 0. The average molecular weight is 652 g/mol. The maximum absolute atomic E-state index is 14.4. The number of primary amides is 1. The molecule has 10 nitrogen and oxygen atoms in total. The first-order valence-electron chi connectivity index (χ1n) is 13.9. The van der Waals surface area contributed by atoms with Gasteiger partial charge in [0.2, 0.25) is 10.0 Å². The number of urea groups is 1. The van der Waals surface area contributed by atoms with Gasteiger partial charge in [-0.2, -0.15) is 0 Å². The van der Waals surface area contributed by atoms with Gasteiger partial charge in [0.05, 0.1) is 16.1 Å². The molecule has 0 aliphatic carbocycles. The van der Waals surface area contributed by atoms with Gasteiger partial charge in [-0.3, -0.25) is 9.69 Å². The fourth-order valence-corrected chi connectivity index (χ4v) is 5.46. The topological polar surface area (TPSA) is 148 Å². The van der Waals surface area contributed by atoms with Crippen LogP contribution in [-0.4, -0.2) is 55.8 Å². The van der Waals surface area contributed by atoms with E-state index in [9.17, 15) is 26.8 Å². The summed E-state index contributed by atoms with van der Waals surface area (Å²) in [6.45, 7) is 4.67. The van der Waals surface area contributed by atoms with Gasteiger partial charge in [0.25, 0.3) is 5.91 Å². The van der Waals surface area contributed by atoms with Crippen LogP contribution in [0.15, 0.2) is 65.6 Å². The highest BCUT2D eigenvalue weighted by atomic mass is 35.5. The monoisotopic (exact) mass is 651 g/mol. The quantitative estimate of drug-likeness (QED) is 0.259. The third-order valence-electron chi connectivity index (χ3n) is 7.29. The Hall–Kier alpha value is -3.78. The van der Waals surface area contributed by atoms with E-state index in [1.165, 1.54) is 24.3 Å². The number of piperidine rings is 1. The Labute approximate surface area is 261 Å². The molecule has 0 atom stereocenters. The van der Waals surface area contributed by atoms with Crippen LogP contribution in [0.5, 0.6) is 11.5 Å². The van der Waals surface area contributed by atoms with E-state index in [-0.39, 0.29) is 29.0 Å². The van der Waals surface area contributed by atoms with Crippen molar-refractivity contribution in [2.45, 2.75) is 50.1 Å². The molecular formula is C30H36ClF2N5O5S. The van der Waals surface area contributed by atoms with Crippen molar-refractivity contribution in [1.82, 2.24) is 9.80 Å². The minimum atomic E-state index is -3.77. The zero-order chi connectivity index (χ0) is 31.1. The van der Waals surface area contributed by atoms with Gasteiger partial charge in [0.15, 0.2) is 0 Å². The van der Waals surface area contributed by atoms with Gasteiger partial charge in [-0.15, -0.1) is 12.4 Å². The van der Waals surface area contributed by atoms with Crippen LogP contribution in [0.2, 0.25) is 0 Å². The van der Waals surface area contributed by atoms with Gasteiger partial charge < -0.3 is 20.7 Å². The molecule has 1 aliphatic rings. The highest BCUT2D eigenvalue weighted by Gasteiger charge is 2.28. The number of nitrogens with zero attached hydrogens (tertiary/aromatic N) is 2. The molecule has 14 heteroatoms. The number of rotatable bonds is 11. The number of benzene rings is 3. The molecule has 3 amide bonds. The third-order valence-corrected chi connectivity index (χ3v) is 8.22. The van der Waals surface area contributed by atoms with Crippen molar-refractivity contribution in [3.8, 4) is 11.5 Å². The number of hydrogen-bond donors (Lipinski definition) is 3. The first-order valence-corrected chi connectivity index (χ1v) is 15.5. The Morgan fingerprint density at radius 2 is 1.59 bits per heavy atom. The molecule has 0 unspecified atom stereocenters. The van der Waals surface area contributed by atoms with E-state index in [2.05, 4.69) is 10.2 Å². The first-order chi connectivity index (χ1) is 20.4. The van der Waals surface area contributed by atoms with E-state index in [0.717, 1.165) is 37.6 Å². The maximum Gasteiger partial charge on any atom is 0.322 e. The van der Waals surface area contributed by atoms with Crippen molar-refractivity contribution >= 4 is 40.1 Å². The zero-order valence-corrected chi connectivity index (χ0v) is 25.8. The van der Waals surface area contributed by atoms with Crippen LogP contribution in [0.1, 0.15) is 48.5 Å². The average Bonchev–Trinajstić information content (AvgIpc) is 2.96. The van der Waals surface area contributed by atoms with E-state index in [1.807, 2.05) is 31.2 Å². The molecular weight excluding hydrogens is 616 g/mol. The summed E-state index contributed by atoms with van der Waals surface area (Å²) < 4.78 is 56.9. The number of anilines is 1. The van der Waals surface area contributed by atoms with E-state index in [0.29, 0.717) is 43.5 Å². The number of halogens is 3. The summed E-state index contributed by atoms with van der Waals surface area (Å²) >= 11 is 0. The molecule has 1 fully saturated rings. The highest BCUT2D eigenvalue weighted by Crippen LogP contribution is 2.26. The number of hydrogen-bond acceptors (Lipinski definition) is 6. The van der Waals surface area contributed by atoms with Crippen LogP contribution in [0, 0.1) is 11.6 Å². The number of carbonyl (C=O) groups excluding carboxylic acids is 2. The van der Waals surface area contributed by atoms with Crippen LogP contribution in [-0.2, 0) is 16.6 Å². The molecule has 1 saturated heterocycles. The van der Waals surface area contributed by atoms with Crippen molar-refractivity contribution in [1.29, 1.82) is 0 Å². The van der Waals surface area contributed by atoms with Crippen LogP contribution >= 0.6 is 12.4 Å². The Kier molecular flexibility index (Phi) is 12.1. The molecule has 1 heterocycles. The first kappa shape index (κ1) is 34.7. The van der Waals surface area contributed by atoms with E-state index in [1.54, 1.807) is 4.90 Å². The summed E-state index contributed by atoms with van der Waals surface area (Å²) in [7, 11) is -3.77. The number of primary sulfonamides is 1. The number of ether oxygens (including phenoxy) is 1. The van der Waals surface area contributed by atoms with Crippen LogP contribution < -0.4 is 20.9 Å². The summed E-state index contributed by atoms with van der Waals surface area (Å²) in [5.41, 5.74) is 5.46. The van der Waals surface area contributed by atoms with E-state index in [4.69, 9.17) is 15.6 Å².